The first kappa shape index (κ1) is 25.1. The average Bonchev–Trinajstić information content (AvgIpc) is 3.14. The van der Waals surface area contributed by atoms with Gasteiger partial charge in [-0.3, -0.25) is 4.79 Å². The van der Waals surface area contributed by atoms with Gasteiger partial charge in [0.25, 0.3) is 0 Å². The quantitative estimate of drug-likeness (QED) is 0.402. The maximum absolute atomic E-state index is 13.0. The summed E-state index contributed by atoms with van der Waals surface area (Å²) in [5, 5.41) is 3.25. The monoisotopic (exact) mass is 473 g/mol. The van der Waals surface area contributed by atoms with Crippen LogP contribution in [-0.2, 0) is 41.1 Å². The number of nitrogens with one attached hydrogen (secondary N) is 1. The highest BCUT2D eigenvalue weighted by Crippen LogP contribution is 2.37. The fourth-order valence-corrected chi connectivity index (χ4v) is 4.20. The summed E-state index contributed by atoms with van der Waals surface area (Å²) in [5.74, 6) is -0.546. The Hall–Kier alpha value is -2.55. The van der Waals surface area contributed by atoms with E-state index in [9.17, 15) is 31.1 Å². The third kappa shape index (κ3) is 6.28. The summed E-state index contributed by atoms with van der Waals surface area (Å²) >= 11 is 0. The zero-order chi connectivity index (χ0) is 24.4. The molecule has 0 saturated heterocycles. The SMILES string of the molecule is COC(=O)C(C)Cc1ccc2c(c1)CCC2NCCc1cc(C(F)(F)F)cc(C(F)(F)F)c1. The fraction of sp³-hybridized carbons (Fsp3) is 0.458. The molecule has 33 heavy (non-hydrogen) atoms. The number of hydrogen-bond donors (Lipinski definition) is 1. The zero-order valence-electron chi connectivity index (χ0n) is 18.2. The molecule has 2 aromatic rings. The van der Waals surface area contributed by atoms with E-state index in [0.29, 0.717) is 6.42 Å². The van der Waals surface area contributed by atoms with E-state index in [2.05, 4.69) is 5.32 Å². The molecule has 0 fully saturated rings. The summed E-state index contributed by atoms with van der Waals surface area (Å²) in [6.07, 6.45) is -7.53. The molecule has 0 aromatic heterocycles. The number of ether oxygens (including phenoxy) is 1. The van der Waals surface area contributed by atoms with Gasteiger partial charge in [-0.2, -0.15) is 26.3 Å². The summed E-state index contributed by atoms with van der Waals surface area (Å²) in [7, 11) is 1.35. The van der Waals surface area contributed by atoms with Crippen molar-refractivity contribution in [3.63, 3.8) is 0 Å². The molecular weight excluding hydrogens is 448 g/mol. The van der Waals surface area contributed by atoms with E-state index < -0.39 is 23.5 Å². The molecule has 1 aliphatic rings. The Bertz CT molecular complexity index is 967. The number of carbonyl (C=O) groups excluding carboxylic acids is 1. The predicted octanol–water partition coefficient (Wildman–Crippen LogP) is 5.90. The lowest BCUT2D eigenvalue weighted by molar-refractivity contribution is -0.145. The Morgan fingerprint density at radius 1 is 1.03 bits per heavy atom. The molecule has 1 aliphatic carbocycles. The van der Waals surface area contributed by atoms with E-state index >= 15 is 0 Å². The Labute approximate surface area is 188 Å². The molecule has 0 bridgehead atoms. The second-order valence-corrected chi connectivity index (χ2v) is 8.37. The van der Waals surface area contributed by atoms with Crippen molar-refractivity contribution in [2.75, 3.05) is 13.7 Å². The van der Waals surface area contributed by atoms with Crippen molar-refractivity contribution >= 4 is 5.97 Å². The standard InChI is InChI=1S/C24H25F6NO2/c1-14(22(32)33-2)9-15-3-5-20-17(10-15)4-6-21(20)31-8-7-16-11-18(23(25,26)27)13-19(12-16)24(28,29)30/h3,5,10-14,21,31H,4,6-9H2,1-2H3. The van der Waals surface area contributed by atoms with Crippen molar-refractivity contribution in [1.29, 1.82) is 0 Å². The van der Waals surface area contributed by atoms with Crippen molar-refractivity contribution < 1.29 is 35.9 Å². The van der Waals surface area contributed by atoms with Crippen molar-refractivity contribution in [3.8, 4) is 0 Å². The molecule has 0 spiro atoms. The van der Waals surface area contributed by atoms with E-state index in [1.807, 2.05) is 18.2 Å². The first-order chi connectivity index (χ1) is 15.4. The summed E-state index contributed by atoms with van der Waals surface area (Å²) in [6.45, 7) is 2.03. The normalized spacial score (nSPS) is 17.0. The van der Waals surface area contributed by atoms with Crippen molar-refractivity contribution in [1.82, 2.24) is 5.32 Å². The van der Waals surface area contributed by atoms with E-state index in [1.54, 1.807) is 6.92 Å². The topological polar surface area (TPSA) is 38.3 Å². The predicted molar refractivity (Wildman–Crippen MR) is 111 cm³/mol. The molecule has 2 unspecified atom stereocenters. The van der Waals surface area contributed by atoms with Crippen LogP contribution in [-0.4, -0.2) is 19.6 Å². The van der Waals surface area contributed by atoms with Gasteiger partial charge in [0.05, 0.1) is 24.2 Å². The van der Waals surface area contributed by atoms with E-state index in [-0.39, 0.29) is 42.5 Å². The van der Waals surface area contributed by atoms with Crippen LogP contribution in [0.1, 0.15) is 52.8 Å². The lowest BCUT2D eigenvalue weighted by atomic mass is 9.97. The van der Waals surface area contributed by atoms with Crippen LogP contribution < -0.4 is 5.32 Å². The van der Waals surface area contributed by atoms with Crippen LogP contribution in [0.4, 0.5) is 26.3 Å². The van der Waals surface area contributed by atoms with Gasteiger partial charge in [0.15, 0.2) is 0 Å². The van der Waals surface area contributed by atoms with Gasteiger partial charge < -0.3 is 10.1 Å². The van der Waals surface area contributed by atoms with Gasteiger partial charge in [0, 0.05) is 6.04 Å². The average molecular weight is 473 g/mol. The largest absolute Gasteiger partial charge is 0.469 e. The number of alkyl halides is 6. The Morgan fingerprint density at radius 3 is 2.24 bits per heavy atom. The van der Waals surface area contributed by atoms with Crippen LogP contribution in [0.2, 0.25) is 0 Å². The lowest BCUT2D eigenvalue weighted by Crippen LogP contribution is -2.22. The van der Waals surface area contributed by atoms with Gasteiger partial charge in [0.1, 0.15) is 0 Å². The highest BCUT2D eigenvalue weighted by atomic mass is 19.4. The number of carbonyl (C=O) groups is 1. The Kier molecular flexibility index (Phi) is 7.41. The third-order valence-corrected chi connectivity index (χ3v) is 5.88. The molecule has 0 aliphatic heterocycles. The maximum atomic E-state index is 13.0. The summed E-state index contributed by atoms with van der Waals surface area (Å²) in [6, 6.07) is 7.59. The minimum Gasteiger partial charge on any atom is -0.469 e. The molecule has 1 N–H and O–H groups in total. The van der Waals surface area contributed by atoms with Gasteiger partial charge >= 0.3 is 18.3 Å². The summed E-state index contributed by atoms with van der Waals surface area (Å²) < 4.78 is 83.0. The molecule has 180 valence electrons. The second-order valence-electron chi connectivity index (χ2n) is 8.37. The lowest BCUT2D eigenvalue weighted by Gasteiger charge is -2.17. The number of rotatable bonds is 7. The molecule has 3 rings (SSSR count). The summed E-state index contributed by atoms with van der Waals surface area (Å²) in [5.41, 5.74) is 0.579. The molecule has 3 nitrogen and oxygen atoms in total. The third-order valence-electron chi connectivity index (χ3n) is 5.88. The highest BCUT2D eigenvalue weighted by molar-refractivity contribution is 5.72. The first-order valence-corrected chi connectivity index (χ1v) is 10.6. The van der Waals surface area contributed by atoms with Crippen LogP contribution in [0.25, 0.3) is 0 Å². The van der Waals surface area contributed by atoms with Gasteiger partial charge in [0.2, 0.25) is 0 Å². The number of aryl methyl sites for hydroxylation is 1. The number of benzene rings is 2. The molecule has 9 heteroatoms. The van der Waals surface area contributed by atoms with Crippen LogP contribution in [0, 0.1) is 5.92 Å². The highest BCUT2D eigenvalue weighted by Gasteiger charge is 2.36. The smallest absolute Gasteiger partial charge is 0.416 e. The molecule has 0 saturated carbocycles. The first-order valence-electron chi connectivity index (χ1n) is 10.6. The van der Waals surface area contributed by atoms with Crippen LogP contribution in [0.15, 0.2) is 36.4 Å². The molecule has 2 atom stereocenters. The Balaban J connectivity index is 1.65. The van der Waals surface area contributed by atoms with Crippen molar-refractivity contribution in [2.45, 2.75) is 51.0 Å². The molecule has 2 aromatic carbocycles. The molecule has 0 amide bonds. The summed E-state index contributed by atoms with van der Waals surface area (Å²) in [4.78, 5) is 11.6. The van der Waals surface area contributed by atoms with Crippen LogP contribution >= 0.6 is 0 Å². The van der Waals surface area contributed by atoms with Crippen molar-refractivity contribution in [3.05, 3.63) is 69.8 Å². The maximum Gasteiger partial charge on any atom is 0.416 e. The van der Waals surface area contributed by atoms with E-state index in [4.69, 9.17) is 4.74 Å². The molecular formula is C24H25F6NO2. The number of methoxy groups -OCH3 is 1. The molecule has 0 heterocycles. The number of fused-ring (bicyclic) bond motifs is 1. The van der Waals surface area contributed by atoms with Gasteiger partial charge in [-0.05, 0) is 72.7 Å². The Morgan fingerprint density at radius 2 is 1.67 bits per heavy atom. The number of halogens is 6. The van der Waals surface area contributed by atoms with Gasteiger partial charge in [-0.15, -0.1) is 0 Å². The number of esters is 1. The van der Waals surface area contributed by atoms with Crippen LogP contribution in [0.3, 0.4) is 0 Å². The zero-order valence-corrected chi connectivity index (χ0v) is 18.2. The van der Waals surface area contributed by atoms with E-state index in [1.165, 1.54) is 7.11 Å². The fourth-order valence-electron chi connectivity index (χ4n) is 4.20. The minimum atomic E-state index is -4.85. The van der Waals surface area contributed by atoms with Crippen molar-refractivity contribution in [2.24, 2.45) is 5.92 Å². The van der Waals surface area contributed by atoms with Crippen LogP contribution in [0.5, 0.6) is 0 Å². The molecule has 0 radical (unpaired) electrons. The number of hydrogen-bond acceptors (Lipinski definition) is 3. The van der Waals surface area contributed by atoms with Gasteiger partial charge in [-0.1, -0.05) is 25.1 Å². The second kappa shape index (κ2) is 9.75. The van der Waals surface area contributed by atoms with Gasteiger partial charge in [-0.25, -0.2) is 0 Å². The van der Waals surface area contributed by atoms with E-state index in [0.717, 1.165) is 41.7 Å². The minimum absolute atomic E-state index is 0.0185.